The highest BCUT2D eigenvalue weighted by molar-refractivity contribution is 5.38. The SMILES string of the molecule is N#Cc1ccccc1Cn1cncc1N. The molecule has 1 aromatic heterocycles. The van der Waals surface area contributed by atoms with E-state index in [-0.39, 0.29) is 0 Å². The maximum atomic E-state index is 8.91. The standard InChI is InChI=1S/C11H10N4/c12-5-9-3-1-2-4-10(9)7-15-8-14-6-11(15)13/h1-4,6,8H,7,13H2. The molecular weight excluding hydrogens is 188 g/mol. The molecule has 0 aliphatic rings. The first-order valence-electron chi connectivity index (χ1n) is 4.55. The van der Waals surface area contributed by atoms with E-state index in [4.69, 9.17) is 11.0 Å². The largest absolute Gasteiger partial charge is 0.384 e. The van der Waals surface area contributed by atoms with Gasteiger partial charge in [0, 0.05) is 0 Å². The van der Waals surface area contributed by atoms with Crippen LogP contribution in [0, 0.1) is 11.3 Å². The summed E-state index contributed by atoms with van der Waals surface area (Å²) in [7, 11) is 0. The van der Waals surface area contributed by atoms with Gasteiger partial charge in [0.25, 0.3) is 0 Å². The monoisotopic (exact) mass is 198 g/mol. The van der Waals surface area contributed by atoms with Gasteiger partial charge in [-0.2, -0.15) is 5.26 Å². The van der Waals surface area contributed by atoms with Crippen LogP contribution in [0.2, 0.25) is 0 Å². The fraction of sp³-hybridized carbons (Fsp3) is 0.0909. The fourth-order valence-corrected chi connectivity index (χ4v) is 1.41. The van der Waals surface area contributed by atoms with Crippen molar-refractivity contribution in [2.24, 2.45) is 0 Å². The van der Waals surface area contributed by atoms with E-state index >= 15 is 0 Å². The summed E-state index contributed by atoms with van der Waals surface area (Å²) in [6.07, 6.45) is 3.25. The predicted octanol–water partition coefficient (Wildman–Crippen LogP) is 1.39. The Hall–Kier alpha value is -2.28. The first-order chi connectivity index (χ1) is 7.31. The fourth-order valence-electron chi connectivity index (χ4n) is 1.41. The summed E-state index contributed by atoms with van der Waals surface area (Å²) in [4.78, 5) is 3.93. The molecule has 0 atom stereocenters. The van der Waals surface area contributed by atoms with Crippen molar-refractivity contribution in [3.8, 4) is 6.07 Å². The molecule has 0 amide bonds. The Kier molecular flexibility index (Phi) is 2.38. The molecule has 1 heterocycles. The van der Waals surface area contributed by atoms with E-state index < -0.39 is 0 Å². The Morgan fingerprint density at radius 3 is 2.87 bits per heavy atom. The average Bonchev–Trinajstić information content (AvgIpc) is 2.65. The number of nitriles is 1. The van der Waals surface area contributed by atoms with Crippen LogP contribution in [0.15, 0.2) is 36.8 Å². The van der Waals surface area contributed by atoms with Gasteiger partial charge in [0.2, 0.25) is 0 Å². The molecular formula is C11H10N4. The summed E-state index contributed by atoms with van der Waals surface area (Å²) in [6.45, 7) is 0.579. The van der Waals surface area contributed by atoms with Crippen LogP contribution in [0.25, 0.3) is 0 Å². The predicted molar refractivity (Wildman–Crippen MR) is 56.9 cm³/mol. The van der Waals surface area contributed by atoms with Gasteiger partial charge in [-0.15, -0.1) is 0 Å². The average molecular weight is 198 g/mol. The van der Waals surface area contributed by atoms with Crippen LogP contribution >= 0.6 is 0 Å². The summed E-state index contributed by atoms with van der Waals surface area (Å²) < 4.78 is 1.80. The number of hydrogen-bond acceptors (Lipinski definition) is 3. The molecule has 0 fully saturated rings. The summed E-state index contributed by atoms with van der Waals surface area (Å²) in [6, 6.07) is 9.61. The van der Waals surface area contributed by atoms with Gasteiger partial charge in [0.15, 0.2) is 0 Å². The zero-order valence-corrected chi connectivity index (χ0v) is 8.09. The van der Waals surface area contributed by atoms with E-state index in [1.807, 2.05) is 18.2 Å². The number of anilines is 1. The number of rotatable bonds is 2. The van der Waals surface area contributed by atoms with Gasteiger partial charge >= 0.3 is 0 Å². The second kappa shape index (κ2) is 3.84. The maximum Gasteiger partial charge on any atom is 0.123 e. The van der Waals surface area contributed by atoms with Crippen LogP contribution in [-0.4, -0.2) is 9.55 Å². The topological polar surface area (TPSA) is 67.6 Å². The molecule has 0 saturated carbocycles. The van der Waals surface area contributed by atoms with Gasteiger partial charge in [0.1, 0.15) is 5.82 Å². The smallest absolute Gasteiger partial charge is 0.123 e. The molecule has 0 aliphatic carbocycles. The lowest BCUT2D eigenvalue weighted by Crippen LogP contribution is -2.03. The lowest BCUT2D eigenvalue weighted by atomic mass is 10.1. The van der Waals surface area contributed by atoms with Crippen LogP contribution < -0.4 is 5.73 Å². The van der Waals surface area contributed by atoms with Crippen LogP contribution in [0.1, 0.15) is 11.1 Å². The number of nitrogen functional groups attached to an aromatic ring is 1. The highest BCUT2D eigenvalue weighted by atomic mass is 15.1. The zero-order valence-electron chi connectivity index (χ0n) is 8.09. The van der Waals surface area contributed by atoms with E-state index in [0.717, 1.165) is 5.56 Å². The highest BCUT2D eigenvalue weighted by Gasteiger charge is 2.03. The molecule has 0 unspecified atom stereocenters. The Labute approximate surface area is 87.6 Å². The van der Waals surface area contributed by atoms with Crippen molar-refractivity contribution in [2.75, 3.05) is 5.73 Å². The molecule has 0 aliphatic heterocycles. The van der Waals surface area contributed by atoms with Gasteiger partial charge in [-0.3, -0.25) is 0 Å². The minimum atomic E-state index is 0.579. The third-order valence-corrected chi connectivity index (χ3v) is 2.22. The van der Waals surface area contributed by atoms with Crippen molar-refractivity contribution in [1.82, 2.24) is 9.55 Å². The normalized spacial score (nSPS) is 9.80. The minimum Gasteiger partial charge on any atom is -0.384 e. The van der Waals surface area contributed by atoms with Crippen molar-refractivity contribution in [3.05, 3.63) is 47.9 Å². The Balaban J connectivity index is 2.33. The highest BCUT2D eigenvalue weighted by Crippen LogP contribution is 2.11. The van der Waals surface area contributed by atoms with Gasteiger partial charge in [-0.1, -0.05) is 18.2 Å². The Morgan fingerprint density at radius 2 is 2.20 bits per heavy atom. The summed E-state index contributed by atoms with van der Waals surface area (Å²) in [5.41, 5.74) is 7.32. The maximum absolute atomic E-state index is 8.91. The molecule has 0 spiro atoms. The van der Waals surface area contributed by atoms with Gasteiger partial charge in [-0.05, 0) is 11.6 Å². The lowest BCUT2D eigenvalue weighted by molar-refractivity contribution is 0.805. The molecule has 74 valence electrons. The molecule has 2 aromatic rings. The summed E-state index contributed by atoms with van der Waals surface area (Å²) in [5, 5.41) is 8.91. The molecule has 1 aromatic carbocycles. The van der Waals surface area contributed by atoms with Crippen LogP contribution in [0.3, 0.4) is 0 Å². The van der Waals surface area contributed by atoms with Crippen LogP contribution in [0.5, 0.6) is 0 Å². The minimum absolute atomic E-state index is 0.579. The van der Waals surface area contributed by atoms with Crippen LogP contribution in [-0.2, 0) is 6.54 Å². The summed E-state index contributed by atoms with van der Waals surface area (Å²) >= 11 is 0. The number of benzene rings is 1. The first-order valence-corrected chi connectivity index (χ1v) is 4.55. The van der Waals surface area contributed by atoms with E-state index in [9.17, 15) is 0 Å². The van der Waals surface area contributed by atoms with Crippen LogP contribution in [0.4, 0.5) is 5.82 Å². The molecule has 4 nitrogen and oxygen atoms in total. The van der Waals surface area contributed by atoms with Crippen molar-refractivity contribution >= 4 is 5.82 Å². The molecule has 0 bridgehead atoms. The number of nitrogens with two attached hydrogens (primary N) is 1. The van der Waals surface area contributed by atoms with E-state index in [1.165, 1.54) is 0 Å². The Bertz CT molecular complexity index is 507. The number of imidazole rings is 1. The third-order valence-electron chi connectivity index (χ3n) is 2.22. The lowest BCUT2D eigenvalue weighted by Gasteiger charge is -2.06. The first kappa shape index (κ1) is 9.28. The zero-order chi connectivity index (χ0) is 10.7. The molecule has 0 saturated heterocycles. The molecule has 0 radical (unpaired) electrons. The van der Waals surface area contributed by atoms with Crippen molar-refractivity contribution < 1.29 is 0 Å². The van der Waals surface area contributed by atoms with E-state index in [2.05, 4.69) is 11.1 Å². The number of aromatic nitrogens is 2. The second-order valence-corrected chi connectivity index (χ2v) is 3.22. The molecule has 4 heteroatoms. The number of nitrogens with zero attached hydrogens (tertiary/aromatic N) is 3. The second-order valence-electron chi connectivity index (χ2n) is 3.22. The van der Waals surface area contributed by atoms with E-state index in [1.54, 1.807) is 23.2 Å². The van der Waals surface area contributed by atoms with Crippen molar-refractivity contribution in [2.45, 2.75) is 6.54 Å². The molecule has 2 rings (SSSR count). The number of hydrogen-bond donors (Lipinski definition) is 1. The van der Waals surface area contributed by atoms with E-state index in [0.29, 0.717) is 17.9 Å². The van der Waals surface area contributed by atoms with Gasteiger partial charge in [0.05, 0.1) is 30.7 Å². The third kappa shape index (κ3) is 1.81. The van der Waals surface area contributed by atoms with Gasteiger partial charge < -0.3 is 10.3 Å². The molecule has 2 N–H and O–H groups in total. The van der Waals surface area contributed by atoms with Gasteiger partial charge in [-0.25, -0.2) is 4.98 Å². The molecule has 15 heavy (non-hydrogen) atoms. The van der Waals surface area contributed by atoms with Crippen molar-refractivity contribution in [1.29, 1.82) is 5.26 Å². The van der Waals surface area contributed by atoms with Crippen molar-refractivity contribution in [3.63, 3.8) is 0 Å². The Morgan fingerprint density at radius 1 is 1.40 bits per heavy atom. The summed E-state index contributed by atoms with van der Waals surface area (Å²) in [5.74, 6) is 0.600. The quantitative estimate of drug-likeness (QED) is 0.792.